The molecule has 0 saturated heterocycles. The van der Waals surface area contributed by atoms with Gasteiger partial charge in [0.15, 0.2) is 10.8 Å². The van der Waals surface area contributed by atoms with Crippen LogP contribution >= 0.6 is 11.6 Å². The van der Waals surface area contributed by atoms with Crippen molar-refractivity contribution in [2.45, 2.75) is 6.18 Å². The summed E-state index contributed by atoms with van der Waals surface area (Å²) in [4.78, 5) is 10.6. The number of pyridine rings is 1. The van der Waals surface area contributed by atoms with E-state index in [4.69, 9.17) is 11.6 Å². The maximum absolute atomic E-state index is 12.3. The lowest BCUT2D eigenvalue weighted by molar-refractivity contribution is -0.141. The van der Waals surface area contributed by atoms with E-state index in [0.29, 0.717) is 6.20 Å². The Morgan fingerprint density at radius 3 is 2.60 bits per heavy atom. The van der Waals surface area contributed by atoms with Crippen LogP contribution in [0.4, 0.5) is 13.2 Å². The van der Waals surface area contributed by atoms with Crippen LogP contribution in [-0.2, 0) is 6.18 Å². The van der Waals surface area contributed by atoms with Crippen molar-refractivity contribution >= 4 is 22.6 Å². The van der Waals surface area contributed by atoms with Gasteiger partial charge in [0, 0.05) is 6.20 Å². The highest BCUT2D eigenvalue weighted by Gasteiger charge is 2.33. The number of rotatable bonds is 0. The normalized spacial score (nSPS) is 12.0. The first-order valence-electron chi connectivity index (χ1n) is 3.83. The van der Waals surface area contributed by atoms with Gasteiger partial charge < -0.3 is 0 Å². The van der Waals surface area contributed by atoms with Gasteiger partial charge in [0.25, 0.3) is 0 Å². The van der Waals surface area contributed by atoms with Crippen LogP contribution in [0.25, 0.3) is 11.0 Å². The van der Waals surface area contributed by atoms with Crippen molar-refractivity contribution in [3.8, 4) is 0 Å². The molecule has 2 aromatic heterocycles. The molecule has 0 aliphatic rings. The molecule has 7 heteroatoms. The molecular weight excluding hydrogens is 231 g/mol. The summed E-state index contributed by atoms with van der Waals surface area (Å²) >= 11 is 5.60. The van der Waals surface area contributed by atoms with Crippen molar-refractivity contribution in [3.63, 3.8) is 0 Å². The van der Waals surface area contributed by atoms with Crippen molar-refractivity contribution in [1.82, 2.24) is 15.0 Å². The molecule has 2 aromatic rings. The van der Waals surface area contributed by atoms with Crippen LogP contribution in [-0.4, -0.2) is 15.0 Å². The number of hydrogen-bond acceptors (Lipinski definition) is 3. The maximum atomic E-state index is 12.3. The molecule has 15 heavy (non-hydrogen) atoms. The molecule has 0 aliphatic carbocycles. The number of halogens is 4. The van der Waals surface area contributed by atoms with Gasteiger partial charge in [0.2, 0.25) is 0 Å². The first-order valence-corrected chi connectivity index (χ1v) is 4.21. The molecule has 0 aromatic carbocycles. The van der Waals surface area contributed by atoms with Crippen molar-refractivity contribution in [2.24, 2.45) is 0 Å². The van der Waals surface area contributed by atoms with Crippen LogP contribution in [0.1, 0.15) is 5.69 Å². The molecule has 0 fully saturated rings. The summed E-state index contributed by atoms with van der Waals surface area (Å²) in [6.45, 7) is 0. The van der Waals surface area contributed by atoms with Gasteiger partial charge in [-0.2, -0.15) is 13.2 Å². The van der Waals surface area contributed by atoms with E-state index in [1.165, 1.54) is 12.3 Å². The molecule has 78 valence electrons. The molecule has 0 spiro atoms. The van der Waals surface area contributed by atoms with Crippen molar-refractivity contribution in [3.05, 3.63) is 29.3 Å². The molecule has 0 unspecified atom stereocenters. The van der Waals surface area contributed by atoms with Crippen LogP contribution in [0.5, 0.6) is 0 Å². The Hall–Kier alpha value is -1.43. The average Bonchev–Trinajstić information content (AvgIpc) is 2.16. The highest BCUT2D eigenvalue weighted by Crippen LogP contribution is 2.28. The van der Waals surface area contributed by atoms with Gasteiger partial charge in [-0.05, 0) is 6.07 Å². The van der Waals surface area contributed by atoms with Gasteiger partial charge in [0.05, 0.1) is 11.7 Å². The molecule has 3 nitrogen and oxygen atoms in total. The third kappa shape index (κ3) is 1.85. The fourth-order valence-electron chi connectivity index (χ4n) is 1.04. The third-order valence-corrected chi connectivity index (χ3v) is 1.98. The summed E-state index contributed by atoms with van der Waals surface area (Å²) in [5.74, 6) is 0. The fraction of sp³-hybridized carbons (Fsp3) is 0.125. The zero-order valence-electron chi connectivity index (χ0n) is 7.09. The molecule has 0 atom stereocenters. The second kappa shape index (κ2) is 3.30. The standard InChI is InChI=1S/C8H3ClF3N3/c9-7-6-4(1-2-13-7)14-3-5(15-6)8(10,11)12/h1-3H. The van der Waals surface area contributed by atoms with Crippen molar-refractivity contribution in [2.75, 3.05) is 0 Å². The van der Waals surface area contributed by atoms with E-state index in [9.17, 15) is 13.2 Å². The Balaban J connectivity index is 2.70. The van der Waals surface area contributed by atoms with Crippen LogP contribution in [0, 0.1) is 0 Å². The number of nitrogens with zero attached hydrogens (tertiary/aromatic N) is 3. The molecule has 0 bridgehead atoms. The van der Waals surface area contributed by atoms with E-state index in [1.807, 2.05) is 0 Å². The third-order valence-electron chi connectivity index (χ3n) is 1.71. The van der Waals surface area contributed by atoms with Gasteiger partial charge in [-0.3, -0.25) is 4.98 Å². The minimum absolute atomic E-state index is 0.0472. The predicted octanol–water partition coefficient (Wildman–Crippen LogP) is 2.70. The van der Waals surface area contributed by atoms with Crippen molar-refractivity contribution < 1.29 is 13.2 Å². The molecule has 2 heterocycles. The molecule has 2 rings (SSSR count). The summed E-state index contributed by atoms with van der Waals surface area (Å²) in [6, 6.07) is 1.44. The van der Waals surface area contributed by atoms with E-state index in [-0.39, 0.29) is 16.2 Å². The molecule has 0 radical (unpaired) electrons. The molecular formula is C8H3ClF3N3. The lowest BCUT2D eigenvalue weighted by atomic mass is 10.3. The van der Waals surface area contributed by atoms with E-state index >= 15 is 0 Å². The zero-order chi connectivity index (χ0) is 11.1. The molecule has 0 aliphatic heterocycles. The highest BCUT2D eigenvalue weighted by molar-refractivity contribution is 6.33. The van der Waals surface area contributed by atoms with E-state index < -0.39 is 11.9 Å². The zero-order valence-corrected chi connectivity index (χ0v) is 7.84. The second-order valence-electron chi connectivity index (χ2n) is 2.72. The summed E-state index contributed by atoms with van der Waals surface area (Å²) in [5, 5.41) is -0.0916. The van der Waals surface area contributed by atoms with Crippen LogP contribution in [0.3, 0.4) is 0 Å². The monoisotopic (exact) mass is 233 g/mol. The van der Waals surface area contributed by atoms with Crippen LogP contribution in [0.2, 0.25) is 5.15 Å². The summed E-state index contributed by atoms with van der Waals surface area (Å²) in [5.41, 5.74) is -0.845. The Kier molecular flexibility index (Phi) is 2.22. The average molecular weight is 234 g/mol. The summed E-state index contributed by atoms with van der Waals surface area (Å²) < 4.78 is 36.8. The smallest absolute Gasteiger partial charge is 0.252 e. The molecule has 0 N–H and O–H groups in total. The SMILES string of the molecule is FC(F)(F)c1cnc2ccnc(Cl)c2n1. The first-order chi connectivity index (χ1) is 6.98. The summed E-state index contributed by atoms with van der Waals surface area (Å²) in [6.07, 6.45) is -2.51. The van der Waals surface area contributed by atoms with Gasteiger partial charge in [-0.25, -0.2) is 9.97 Å². The van der Waals surface area contributed by atoms with Crippen molar-refractivity contribution in [1.29, 1.82) is 0 Å². The molecule has 0 amide bonds. The van der Waals surface area contributed by atoms with E-state index in [0.717, 1.165) is 0 Å². The Morgan fingerprint density at radius 1 is 1.20 bits per heavy atom. The number of alkyl halides is 3. The van der Waals surface area contributed by atoms with E-state index in [2.05, 4.69) is 15.0 Å². The maximum Gasteiger partial charge on any atom is 0.434 e. The minimum atomic E-state index is -4.53. The van der Waals surface area contributed by atoms with Gasteiger partial charge in [0.1, 0.15) is 5.52 Å². The quantitative estimate of drug-likeness (QED) is 0.657. The second-order valence-corrected chi connectivity index (χ2v) is 3.08. The Labute approximate surface area is 86.9 Å². The van der Waals surface area contributed by atoms with Gasteiger partial charge in [-0.15, -0.1) is 0 Å². The topological polar surface area (TPSA) is 38.7 Å². The Morgan fingerprint density at radius 2 is 1.93 bits per heavy atom. The van der Waals surface area contributed by atoms with E-state index in [1.54, 1.807) is 0 Å². The largest absolute Gasteiger partial charge is 0.434 e. The van der Waals surface area contributed by atoms with Crippen LogP contribution in [0.15, 0.2) is 18.5 Å². The molecule has 0 saturated carbocycles. The summed E-state index contributed by atoms with van der Waals surface area (Å²) in [7, 11) is 0. The Bertz CT molecular complexity index is 512. The van der Waals surface area contributed by atoms with Gasteiger partial charge >= 0.3 is 6.18 Å². The highest BCUT2D eigenvalue weighted by atomic mass is 35.5. The first kappa shape index (κ1) is 10.1. The predicted molar refractivity (Wildman–Crippen MR) is 47.3 cm³/mol. The minimum Gasteiger partial charge on any atom is -0.252 e. The lowest BCUT2D eigenvalue weighted by Gasteiger charge is -2.05. The lowest BCUT2D eigenvalue weighted by Crippen LogP contribution is -2.08. The van der Waals surface area contributed by atoms with Crippen LogP contribution < -0.4 is 0 Å². The fourth-order valence-corrected chi connectivity index (χ4v) is 1.24. The number of hydrogen-bond donors (Lipinski definition) is 0. The number of fused-ring (bicyclic) bond motifs is 1. The number of aromatic nitrogens is 3. The van der Waals surface area contributed by atoms with Gasteiger partial charge in [-0.1, -0.05) is 11.6 Å².